The van der Waals surface area contributed by atoms with Gasteiger partial charge in [-0.25, -0.2) is 9.67 Å². The minimum absolute atomic E-state index is 0.0783. The Hall–Kier alpha value is -1.27. The van der Waals surface area contributed by atoms with Gasteiger partial charge in [0.2, 0.25) is 0 Å². The Morgan fingerprint density at radius 1 is 1.41 bits per heavy atom. The molecule has 0 amide bonds. The molecule has 0 aliphatic heterocycles. The Kier molecular flexibility index (Phi) is 3.54. The molecule has 0 aromatic carbocycles. The molecular weight excluding hydrogens is 234 g/mol. The van der Waals surface area contributed by atoms with Gasteiger partial charge < -0.3 is 5.73 Å². The second-order valence-electron chi connectivity index (χ2n) is 4.46. The van der Waals surface area contributed by atoms with Crippen molar-refractivity contribution in [2.45, 2.75) is 39.3 Å². The molecule has 0 saturated carbocycles. The predicted molar refractivity (Wildman–Crippen MR) is 67.9 cm³/mol. The Bertz CT molecular complexity index is 441. The molecule has 0 radical (unpaired) electrons. The number of aromatic nitrogens is 4. The van der Waals surface area contributed by atoms with Crippen LogP contribution in [0.15, 0.2) is 11.6 Å². The lowest BCUT2D eigenvalue weighted by Crippen LogP contribution is -2.05. The molecule has 17 heavy (non-hydrogen) atoms. The summed E-state index contributed by atoms with van der Waals surface area (Å²) in [6.07, 6.45) is 1.87. The Morgan fingerprint density at radius 2 is 2.18 bits per heavy atom. The minimum atomic E-state index is -0.0783. The van der Waals surface area contributed by atoms with Crippen LogP contribution in [0.4, 0.5) is 0 Å². The molecule has 2 heterocycles. The maximum atomic E-state index is 5.73. The number of nitrogens with zero attached hydrogens (tertiary/aromatic N) is 4. The van der Waals surface area contributed by atoms with Crippen LogP contribution >= 0.6 is 11.3 Å². The Morgan fingerprint density at radius 3 is 2.71 bits per heavy atom. The van der Waals surface area contributed by atoms with Gasteiger partial charge in [-0.1, -0.05) is 19.1 Å². The van der Waals surface area contributed by atoms with E-state index in [2.05, 4.69) is 34.5 Å². The summed E-state index contributed by atoms with van der Waals surface area (Å²) in [5, 5.41) is 11.3. The molecular formula is C11H17N5S. The smallest absolute Gasteiger partial charge is 0.0991 e. The van der Waals surface area contributed by atoms with Crippen LogP contribution in [0, 0.1) is 0 Å². The highest BCUT2D eigenvalue weighted by molar-refractivity contribution is 7.09. The molecule has 0 spiro atoms. The van der Waals surface area contributed by atoms with Crippen LogP contribution in [-0.2, 0) is 6.54 Å². The first-order chi connectivity index (χ1) is 8.06. The van der Waals surface area contributed by atoms with E-state index in [-0.39, 0.29) is 6.04 Å². The van der Waals surface area contributed by atoms with Crippen LogP contribution in [0.3, 0.4) is 0 Å². The topological polar surface area (TPSA) is 69.6 Å². The zero-order chi connectivity index (χ0) is 12.4. The first-order valence-electron chi connectivity index (χ1n) is 5.66. The molecule has 2 N–H and O–H groups in total. The number of hydrogen-bond donors (Lipinski definition) is 1. The van der Waals surface area contributed by atoms with E-state index in [9.17, 15) is 0 Å². The summed E-state index contributed by atoms with van der Waals surface area (Å²) in [7, 11) is 0. The van der Waals surface area contributed by atoms with Crippen molar-refractivity contribution in [1.29, 1.82) is 0 Å². The van der Waals surface area contributed by atoms with Crippen molar-refractivity contribution in [3.8, 4) is 0 Å². The standard InChI is InChI=1S/C11H17N5S/c1-7(2)11-13-9(6-17-11)4-16-5-10(8(3)12)14-15-16/h5-8H,4,12H2,1-3H3. The third kappa shape index (κ3) is 2.89. The number of nitrogens with two attached hydrogens (primary N) is 1. The highest BCUT2D eigenvalue weighted by Crippen LogP contribution is 2.19. The van der Waals surface area contributed by atoms with E-state index in [1.165, 1.54) is 0 Å². The maximum absolute atomic E-state index is 5.73. The molecule has 6 heteroatoms. The van der Waals surface area contributed by atoms with Crippen LogP contribution in [0.5, 0.6) is 0 Å². The van der Waals surface area contributed by atoms with Crippen molar-refractivity contribution >= 4 is 11.3 Å². The predicted octanol–water partition coefficient (Wildman–Crippen LogP) is 1.93. The van der Waals surface area contributed by atoms with Gasteiger partial charge in [-0.2, -0.15) is 0 Å². The fraction of sp³-hybridized carbons (Fsp3) is 0.545. The minimum Gasteiger partial charge on any atom is -0.323 e. The highest BCUT2D eigenvalue weighted by atomic mass is 32.1. The first kappa shape index (κ1) is 12.2. The van der Waals surface area contributed by atoms with Crippen LogP contribution in [0.1, 0.15) is 49.1 Å². The van der Waals surface area contributed by atoms with Crippen LogP contribution in [0.25, 0.3) is 0 Å². The molecule has 0 aliphatic rings. The van der Waals surface area contributed by atoms with Crippen LogP contribution < -0.4 is 5.73 Å². The lowest BCUT2D eigenvalue weighted by atomic mass is 10.2. The number of rotatable bonds is 4. The molecule has 1 atom stereocenters. The molecule has 2 aromatic rings. The van der Waals surface area contributed by atoms with Gasteiger partial charge in [-0.15, -0.1) is 16.4 Å². The third-order valence-corrected chi connectivity index (χ3v) is 3.60. The van der Waals surface area contributed by atoms with Crippen LogP contribution in [0.2, 0.25) is 0 Å². The number of hydrogen-bond acceptors (Lipinski definition) is 5. The number of thiazole rings is 1. The summed E-state index contributed by atoms with van der Waals surface area (Å²) >= 11 is 1.69. The molecule has 0 saturated heterocycles. The molecule has 2 rings (SSSR count). The highest BCUT2D eigenvalue weighted by Gasteiger charge is 2.09. The van der Waals surface area contributed by atoms with E-state index in [1.54, 1.807) is 16.0 Å². The van der Waals surface area contributed by atoms with Crippen molar-refractivity contribution in [2.24, 2.45) is 5.73 Å². The average molecular weight is 251 g/mol. The largest absolute Gasteiger partial charge is 0.323 e. The van der Waals surface area contributed by atoms with Gasteiger partial charge in [0.15, 0.2) is 0 Å². The molecule has 0 aliphatic carbocycles. The van der Waals surface area contributed by atoms with E-state index in [4.69, 9.17) is 5.73 Å². The van der Waals surface area contributed by atoms with Gasteiger partial charge in [0.1, 0.15) is 0 Å². The summed E-state index contributed by atoms with van der Waals surface area (Å²) in [6, 6.07) is -0.0783. The van der Waals surface area contributed by atoms with E-state index in [0.29, 0.717) is 12.5 Å². The third-order valence-electron chi connectivity index (χ3n) is 2.41. The SMILES string of the molecule is CC(C)c1nc(Cn2cc(C(C)N)nn2)cs1. The van der Waals surface area contributed by atoms with Crippen molar-refractivity contribution in [1.82, 2.24) is 20.0 Å². The van der Waals surface area contributed by atoms with Crippen molar-refractivity contribution < 1.29 is 0 Å². The summed E-state index contributed by atoms with van der Waals surface area (Å²) in [6.45, 7) is 6.84. The molecule has 1 unspecified atom stereocenters. The fourth-order valence-corrected chi connectivity index (χ4v) is 2.25. The summed E-state index contributed by atoms with van der Waals surface area (Å²) in [5.74, 6) is 0.476. The Labute approximate surface area is 105 Å². The summed E-state index contributed by atoms with van der Waals surface area (Å²) in [5.41, 5.74) is 7.57. The first-order valence-corrected chi connectivity index (χ1v) is 6.54. The second-order valence-corrected chi connectivity index (χ2v) is 5.35. The van der Waals surface area contributed by atoms with E-state index in [1.807, 2.05) is 13.1 Å². The van der Waals surface area contributed by atoms with Gasteiger partial charge >= 0.3 is 0 Å². The van der Waals surface area contributed by atoms with E-state index in [0.717, 1.165) is 16.4 Å². The second kappa shape index (κ2) is 4.93. The summed E-state index contributed by atoms with van der Waals surface area (Å²) in [4.78, 5) is 4.56. The zero-order valence-corrected chi connectivity index (χ0v) is 11.1. The van der Waals surface area contributed by atoms with E-state index >= 15 is 0 Å². The normalized spacial score (nSPS) is 13.2. The molecule has 5 nitrogen and oxygen atoms in total. The van der Waals surface area contributed by atoms with Gasteiger partial charge in [0.25, 0.3) is 0 Å². The summed E-state index contributed by atoms with van der Waals surface area (Å²) < 4.78 is 1.78. The van der Waals surface area contributed by atoms with Crippen LogP contribution in [-0.4, -0.2) is 20.0 Å². The average Bonchev–Trinajstić information content (AvgIpc) is 2.87. The monoisotopic (exact) mass is 251 g/mol. The molecule has 2 aromatic heterocycles. The Balaban J connectivity index is 2.08. The molecule has 0 bridgehead atoms. The van der Waals surface area contributed by atoms with Gasteiger partial charge in [0.05, 0.1) is 29.1 Å². The maximum Gasteiger partial charge on any atom is 0.0991 e. The lowest BCUT2D eigenvalue weighted by Gasteiger charge is -1.98. The van der Waals surface area contributed by atoms with Crippen molar-refractivity contribution in [3.63, 3.8) is 0 Å². The quantitative estimate of drug-likeness (QED) is 0.901. The van der Waals surface area contributed by atoms with Gasteiger partial charge in [-0.05, 0) is 6.92 Å². The molecule has 92 valence electrons. The van der Waals surface area contributed by atoms with Crippen molar-refractivity contribution in [3.05, 3.63) is 28.0 Å². The van der Waals surface area contributed by atoms with E-state index < -0.39 is 0 Å². The fourth-order valence-electron chi connectivity index (χ4n) is 1.43. The lowest BCUT2D eigenvalue weighted by molar-refractivity contribution is 0.637. The van der Waals surface area contributed by atoms with Gasteiger partial charge in [-0.3, -0.25) is 0 Å². The molecule has 0 fully saturated rings. The van der Waals surface area contributed by atoms with Crippen molar-refractivity contribution in [2.75, 3.05) is 0 Å². The van der Waals surface area contributed by atoms with Gasteiger partial charge in [0, 0.05) is 17.3 Å². The zero-order valence-electron chi connectivity index (χ0n) is 10.3.